The molecule has 3 rings (SSSR count). The Morgan fingerprint density at radius 3 is 2.60 bits per heavy atom. The Hall–Kier alpha value is -2.70. The van der Waals surface area contributed by atoms with Crippen molar-refractivity contribution < 1.29 is 9.59 Å². The molecular formula is C18H22N4O3. The first-order valence-corrected chi connectivity index (χ1v) is 8.30. The van der Waals surface area contributed by atoms with Crippen molar-refractivity contribution in [2.24, 2.45) is 0 Å². The monoisotopic (exact) mass is 342 g/mol. The summed E-state index contributed by atoms with van der Waals surface area (Å²) in [6, 6.07) is 4.74. The van der Waals surface area contributed by atoms with E-state index in [2.05, 4.69) is 15.6 Å². The number of aryl methyl sites for hydroxylation is 1. The van der Waals surface area contributed by atoms with Crippen LogP contribution < -0.4 is 16.2 Å². The minimum atomic E-state index is -0.707. The number of carbonyl (C=O) groups is 2. The molecule has 1 aromatic carbocycles. The highest BCUT2D eigenvalue weighted by atomic mass is 16.2. The maximum absolute atomic E-state index is 13.0. The number of carbonyl (C=O) groups excluding carboxylic acids is 2. The van der Waals surface area contributed by atoms with E-state index in [1.807, 2.05) is 26.8 Å². The molecule has 1 aliphatic heterocycles. The maximum atomic E-state index is 13.0. The molecule has 25 heavy (non-hydrogen) atoms. The fourth-order valence-corrected chi connectivity index (χ4v) is 3.12. The fraction of sp³-hybridized carbons (Fsp3) is 0.444. The highest BCUT2D eigenvalue weighted by molar-refractivity contribution is 5.99. The van der Waals surface area contributed by atoms with Gasteiger partial charge < -0.3 is 5.32 Å². The first-order chi connectivity index (χ1) is 11.7. The van der Waals surface area contributed by atoms with Crippen LogP contribution in [0.5, 0.6) is 0 Å². The zero-order valence-electron chi connectivity index (χ0n) is 14.8. The van der Waals surface area contributed by atoms with E-state index < -0.39 is 11.9 Å². The molecule has 0 radical (unpaired) electrons. The molecule has 1 fully saturated rings. The van der Waals surface area contributed by atoms with Gasteiger partial charge in [-0.25, -0.2) is 4.98 Å². The number of fused-ring (bicyclic) bond motifs is 1. The number of amides is 2. The van der Waals surface area contributed by atoms with E-state index in [1.165, 1.54) is 4.57 Å². The third-order valence-corrected chi connectivity index (χ3v) is 4.12. The molecule has 2 aromatic rings. The van der Waals surface area contributed by atoms with Gasteiger partial charge in [0.15, 0.2) is 0 Å². The lowest BCUT2D eigenvalue weighted by Gasteiger charge is -2.25. The summed E-state index contributed by atoms with van der Waals surface area (Å²) in [5.41, 5.74) is 0.992. The Morgan fingerprint density at radius 1 is 1.24 bits per heavy atom. The van der Waals surface area contributed by atoms with Crippen molar-refractivity contribution >= 4 is 28.4 Å². The molecule has 1 atom stereocenters. The van der Waals surface area contributed by atoms with Crippen LogP contribution in [-0.2, 0) is 9.59 Å². The Bertz CT molecular complexity index is 924. The lowest BCUT2D eigenvalue weighted by atomic mass is 10.0. The summed E-state index contributed by atoms with van der Waals surface area (Å²) in [6.07, 6.45) is 0.518. The number of piperidine rings is 1. The predicted octanol–water partition coefficient (Wildman–Crippen LogP) is 1.89. The molecule has 0 bridgehead atoms. The van der Waals surface area contributed by atoms with Crippen molar-refractivity contribution in [1.29, 1.82) is 0 Å². The van der Waals surface area contributed by atoms with Crippen LogP contribution in [-0.4, -0.2) is 26.9 Å². The standard InChI is InChI=1S/C18H22N4O3/c1-10-19-13-6-5-11(21-18(2,3)4)9-12(13)17(25)22(10)14-7-8-15(23)20-16(14)24/h5-6,9,14,21H,7-8H2,1-4H3,(H,20,23,24). The van der Waals surface area contributed by atoms with E-state index in [9.17, 15) is 14.4 Å². The number of nitrogens with zero attached hydrogens (tertiary/aromatic N) is 2. The molecule has 0 aliphatic carbocycles. The number of imide groups is 1. The fourth-order valence-electron chi connectivity index (χ4n) is 3.12. The Morgan fingerprint density at radius 2 is 1.96 bits per heavy atom. The molecule has 1 unspecified atom stereocenters. The molecule has 7 heteroatoms. The average Bonchev–Trinajstić information content (AvgIpc) is 2.48. The summed E-state index contributed by atoms with van der Waals surface area (Å²) in [6.45, 7) is 7.80. The van der Waals surface area contributed by atoms with Gasteiger partial charge in [-0.3, -0.25) is 24.3 Å². The third kappa shape index (κ3) is 3.40. The number of rotatable bonds is 2. The molecule has 1 aliphatic rings. The second-order valence-electron chi connectivity index (χ2n) is 7.41. The lowest BCUT2D eigenvalue weighted by molar-refractivity contribution is -0.135. The van der Waals surface area contributed by atoms with Crippen molar-refractivity contribution in [2.45, 2.75) is 52.1 Å². The van der Waals surface area contributed by atoms with Gasteiger partial charge in [0, 0.05) is 17.6 Å². The number of nitrogens with one attached hydrogen (secondary N) is 2. The zero-order chi connectivity index (χ0) is 18.4. The molecule has 0 spiro atoms. The van der Waals surface area contributed by atoms with Gasteiger partial charge >= 0.3 is 0 Å². The SMILES string of the molecule is Cc1nc2ccc(NC(C)(C)C)cc2c(=O)n1C1CCC(=O)NC1=O. The van der Waals surface area contributed by atoms with Crippen LogP contribution in [0.3, 0.4) is 0 Å². The van der Waals surface area contributed by atoms with Gasteiger partial charge in [0.05, 0.1) is 10.9 Å². The van der Waals surface area contributed by atoms with Crippen molar-refractivity contribution in [3.8, 4) is 0 Å². The van der Waals surface area contributed by atoms with Crippen LogP contribution in [0.15, 0.2) is 23.0 Å². The van der Waals surface area contributed by atoms with E-state index in [0.717, 1.165) is 5.69 Å². The largest absolute Gasteiger partial charge is 0.380 e. The summed E-state index contributed by atoms with van der Waals surface area (Å²) in [4.78, 5) is 41.0. The van der Waals surface area contributed by atoms with E-state index >= 15 is 0 Å². The topological polar surface area (TPSA) is 93.1 Å². The van der Waals surface area contributed by atoms with E-state index in [-0.39, 0.29) is 23.4 Å². The summed E-state index contributed by atoms with van der Waals surface area (Å²) >= 11 is 0. The number of hydrogen-bond donors (Lipinski definition) is 2. The van der Waals surface area contributed by atoms with Crippen LogP contribution >= 0.6 is 0 Å². The molecule has 2 amide bonds. The van der Waals surface area contributed by atoms with Gasteiger partial charge in [0.2, 0.25) is 11.8 Å². The van der Waals surface area contributed by atoms with Crippen molar-refractivity contribution in [3.63, 3.8) is 0 Å². The summed E-state index contributed by atoms with van der Waals surface area (Å²) < 4.78 is 1.39. The molecule has 7 nitrogen and oxygen atoms in total. The van der Waals surface area contributed by atoms with Gasteiger partial charge in [-0.15, -0.1) is 0 Å². The van der Waals surface area contributed by atoms with Gasteiger partial charge in [-0.2, -0.15) is 0 Å². The van der Waals surface area contributed by atoms with Crippen LogP contribution in [0, 0.1) is 6.92 Å². The minimum absolute atomic E-state index is 0.144. The van der Waals surface area contributed by atoms with Crippen LogP contribution in [0.2, 0.25) is 0 Å². The highest BCUT2D eigenvalue weighted by Crippen LogP contribution is 2.22. The molecule has 2 N–H and O–H groups in total. The van der Waals surface area contributed by atoms with Crippen LogP contribution in [0.25, 0.3) is 10.9 Å². The van der Waals surface area contributed by atoms with Crippen molar-refractivity contribution in [3.05, 3.63) is 34.4 Å². The van der Waals surface area contributed by atoms with Crippen LogP contribution in [0.1, 0.15) is 45.5 Å². The van der Waals surface area contributed by atoms with Gasteiger partial charge in [0.25, 0.3) is 5.56 Å². The van der Waals surface area contributed by atoms with E-state index in [1.54, 1.807) is 19.1 Å². The molecule has 2 heterocycles. The first-order valence-electron chi connectivity index (χ1n) is 8.30. The van der Waals surface area contributed by atoms with E-state index in [0.29, 0.717) is 23.1 Å². The van der Waals surface area contributed by atoms with Crippen molar-refractivity contribution in [2.75, 3.05) is 5.32 Å². The van der Waals surface area contributed by atoms with Gasteiger partial charge in [0.1, 0.15) is 11.9 Å². The summed E-state index contributed by atoms with van der Waals surface area (Å²) in [5, 5.41) is 6.07. The van der Waals surface area contributed by atoms with Gasteiger partial charge in [-0.1, -0.05) is 0 Å². The number of benzene rings is 1. The normalized spacial score (nSPS) is 18.3. The quantitative estimate of drug-likeness (QED) is 0.813. The van der Waals surface area contributed by atoms with Crippen molar-refractivity contribution in [1.82, 2.24) is 14.9 Å². The second-order valence-corrected chi connectivity index (χ2v) is 7.41. The zero-order valence-corrected chi connectivity index (χ0v) is 14.8. The summed E-state index contributed by atoms with van der Waals surface area (Å²) in [5.74, 6) is -0.299. The van der Waals surface area contributed by atoms with Gasteiger partial charge in [-0.05, 0) is 52.3 Å². The molecule has 1 saturated heterocycles. The second kappa shape index (κ2) is 5.98. The smallest absolute Gasteiger partial charge is 0.262 e. The Labute approximate surface area is 145 Å². The van der Waals surface area contributed by atoms with Crippen LogP contribution in [0.4, 0.5) is 5.69 Å². The third-order valence-electron chi connectivity index (χ3n) is 4.12. The number of hydrogen-bond acceptors (Lipinski definition) is 5. The number of anilines is 1. The first kappa shape index (κ1) is 17.1. The molecule has 1 aromatic heterocycles. The molecule has 0 saturated carbocycles. The average molecular weight is 342 g/mol. The number of aromatic nitrogens is 2. The molecular weight excluding hydrogens is 320 g/mol. The molecule has 132 valence electrons. The highest BCUT2D eigenvalue weighted by Gasteiger charge is 2.30. The van der Waals surface area contributed by atoms with E-state index in [4.69, 9.17) is 0 Å². The predicted molar refractivity (Wildman–Crippen MR) is 95.5 cm³/mol. The Balaban J connectivity index is 2.12. The Kier molecular flexibility index (Phi) is 4.10. The minimum Gasteiger partial charge on any atom is -0.380 e. The summed E-state index contributed by atoms with van der Waals surface area (Å²) in [7, 11) is 0. The maximum Gasteiger partial charge on any atom is 0.262 e. The lowest BCUT2D eigenvalue weighted by Crippen LogP contribution is -2.45.